The van der Waals surface area contributed by atoms with Gasteiger partial charge >= 0.3 is 6.18 Å². The molecule has 0 aliphatic carbocycles. The number of para-hydroxylation sites is 2. The van der Waals surface area contributed by atoms with Crippen molar-refractivity contribution in [3.63, 3.8) is 0 Å². The van der Waals surface area contributed by atoms with Gasteiger partial charge in [0.2, 0.25) is 10.0 Å². The van der Waals surface area contributed by atoms with Crippen LogP contribution in [-0.4, -0.2) is 44.8 Å². The lowest BCUT2D eigenvalue weighted by molar-refractivity contribution is -0.136. The summed E-state index contributed by atoms with van der Waals surface area (Å²) in [5.74, 6) is -2.60. The van der Waals surface area contributed by atoms with Crippen molar-refractivity contribution in [1.82, 2.24) is 4.31 Å². The molecule has 1 aliphatic rings. The molecular weight excluding hydrogens is 505 g/mol. The van der Waals surface area contributed by atoms with Crippen molar-refractivity contribution in [3.05, 3.63) is 89.5 Å². The van der Waals surface area contributed by atoms with Crippen molar-refractivity contribution < 1.29 is 35.2 Å². The maximum absolute atomic E-state index is 14.6. The zero-order valence-electron chi connectivity index (χ0n) is 18.6. The summed E-state index contributed by atoms with van der Waals surface area (Å²) in [6.07, 6.45) is -4.73. The minimum atomic E-state index is -4.73. The van der Waals surface area contributed by atoms with Crippen LogP contribution >= 0.6 is 0 Å². The summed E-state index contributed by atoms with van der Waals surface area (Å²) >= 11 is 0. The van der Waals surface area contributed by atoms with E-state index < -0.39 is 49.9 Å². The van der Waals surface area contributed by atoms with Crippen molar-refractivity contribution in [2.75, 3.05) is 36.4 Å². The van der Waals surface area contributed by atoms with E-state index in [4.69, 9.17) is 0 Å². The molecule has 0 spiro atoms. The molecule has 0 saturated carbocycles. The van der Waals surface area contributed by atoms with Crippen molar-refractivity contribution in [1.29, 1.82) is 0 Å². The molecule has 1 aliphatic heterocycles. The van der Waals surface area contributed by atoms with Crippen LogP contribution < -0.4 is 10.2 Å². The molecule has 1 amide bonds. The second kappa shape index (κ2) is 9.86. The van der Waals surface area contributed by atoms with Crippen molar-refractivity contribution in [3.8, 4) is 0 Å². The lowest BCUT2D eigenvalue weighted by atomic mass is 10.1. The van der Waals surface area contributed by atoms with Crippen LogP contribution in [0.25, 0.3) is 0 Å². The highest BCUT2D eigenvalue weighted by molar-refractivity contribution is 7.89. The zero-order chi connectivity index (χ0) is 26.1. The number of hydrogen-bond donors (Lipinski definition) is 1. The molecule has 0 unspecified atom stereocenters. The summed E-state index contributed by atoms with van der Waals surface area (Å²) in [5.41, 5.74) is -1.62. The molecule has 12 heteroatoms. The number of alkyl halides is 3. The van der Waals surface area contributed by atoms with E-state index in [1.165, 1.54) is 18.2 Å². The van der Waals surface area contributed by atoms with Gasteiger partial charge in [-0.3, -0.25) is 4.79 Å². The van der Waals surface area contributed by atoms with Gasteiger partial charge in [-0.05, 0) is 42.5 Å². The molecule has 190 valence electrons. The monoisotopic (exact) mass is 525 g/mol. The van der Waals surface area contributed by atoms with Crippen LogP contribution in [0.1, 0.15) is 15.9 Å². The molecule has 3 aromatic rings. The largest absolute Gasteiger partial charge is 0.418 e. The number of halogens is 5. The van der Waals surface area contributed by atoms with E-state index in [1.807, 2.05) is 0 Å². The number of piperazine rings is 1. The summed E-state index contributed by atoms with van der Waals surface area (Å²) in [4.78, 5) is 13.5. The van der Waals surface area contributed by atoms with Gasteiger partial charge in [0.05, 0.1) is 16.9 Å². The number of carbonyl (C=O) groups is 1. The minimum absolute atomic E-state index is 0.0640. The molecule has 6 nitrogen and oxygen atoms in total. The van der Waals surface area contributed by atoms with Crippen LogP contribution in [0.2, 0.25) is 0 Å². The molecule has 1 saturated heterocycles. The van der Waals surface area contributed by atoms with Crippen LogP contribution in [0.3, 0.4) is 0 Å². The third kappa shape index (κ3) is 5.19. The first-order valence-corrected chi connectivity index (χ1v) is 12.2. The third-order valence-corrected chi connectivity index (χ3v) is 7.64. The van der Waals surface area contributed by atoms with Gasteiger partial charge in [0.25, 0.3) is 5.91 Å². The number of nitrogens with one attached hydrogen (secondary N) is 1. The second-order valence-corrected chi connectivity index (χ2v) is 9.89. The highest BCUT2D eigenvalue weighted by Crippen LogP contribution is 2.35. The Morgan fingerprint density at radius 1 is 0.833 bits per heavy atom. The van der Waals surface area contributed by atoms with Crippen LogP contribution in [0, 0.1) is 11.6 Å². The smallest absolute Gasteiger partial charge is 0.367 e. The third-order valence-electron chi connectivity index (χ3n) is 5.72. The maximum atomic E-state index is 14.6. The lowest BCUT2D eigenvalue weighted by Gasteiger charge is -2.35. The van der Waals surface area contributed by atoms with E-state index in [1.54, 1.807) is 17.0 Å². The van der Waals surface area contributed by atoms with Crippen molar-refractivity contribution >= 4 is 27.3 Å². The molecule has 1 heterocycles. The average molecular weight is 525 g/mol. The SMILES string of the molecule is O=C(Nc1ccccc1C(F)(F)F)c1ccc(F)c(S(=O)(=O)N2CCN(c3ccccc3F)CC2)c1. The summed E-state index contributed by atoms with van der Waals surface area (Å²) in [5, 5.41) is 2.11. The normalized spacial score (nSPS) is 15.1. The fraction of sp³-hybridized carbons (Fsp3) is 0.208. The number of anilines is 2. The van der Waals surface area contributed by atoms with Gasteiger partial charge in [-0.1, -0.05) is 24.3 Å². The number of carbonyl (C=O) groups excluding carboxylic acids is 1. The van der Waals surface area contributed by atoms with Gasteiger partial charge in [0, 0.05) is 31.7 Å². The predicted octanol–water partition coefficient (Wildman–Crippen LogP) is 4.75. The van der Waals surface area contributed by atoms with E-state index in [0.717, 1.165) is 40.7 Å². The van der Waals surface area contributed by atoms with Gasteiger partial charge < -0.3 is 10.2 Å². The molecule has 0 aromatic heterocycles. The van der Waals surface area contributed by atoms with Crippen molar-refractivity contribution in [2.24, 2.45) is 0 Å². The van der Waals surface area contributed by atoms with Gasteiger partial charge in [0.1, 0.15) is 16.5 Å². The Morgan fingerprint density at radius 3 is 2.14 bits per heavy atom. The van der Waals surface area contributed by atoms with E-state index in [9.17, 15) is 35.2 Å². The Kier molecular flexibility index (Phi) is 7.01. The number of rotatable bonds is 5. The fourth-order valence-electron chi connectivity index (χ4n) is 3.89. The van der Waals surface area contributed by atoms with Crippen LogP contribution in [0.4, 0.5) is 33.3 Å². The standard InChI is InChI=1S/C24H20F5N3O3S/c25-18-6-2-4-8-21(18)31-11-13-32(14-12-31)36(34,35)22-15-16(9-10-19(22)26)23(33)30-20-7-3-1-5-17(20)24(27,28)29/h1-10,15H,11-14H2,(H,30,33). The highest BCUT2D eigenvalue weighted by Gasteiger charge is 2.34. The molecule has 0 bridgehead atoms. The highest BCUT2D eigenvalue weighted by atomic mass is 32.2. The Labute approximate surface area is 204 Å². The first-order valence-electron chi connectivity index (χ1n) is 10.8. The predicted molar refractivity (Wildman–Crippen MR) is 123 cm³/mol. The minimum Gasteiger partial charge on any atom is -0.367 e. The number of benzene rings is 3. The quantitative estimate of drug-likeness (QED) is 0.489. The summed E-state index contributed by atoms with van der Waals surface area (Å²) in [7, 11) is -4.39. The molecule has 36 heavy (non-hydrogen) atoms. The molecule has 4 rings (SSSR count). The first kappa shape index (κ1) is 25.6. The van der Waals surface area contributed by atoms with Gasteiger partial charge in [-0.15, -0.1) is 0 Å². The number of hydrogen-bond acceptors (Lipinski definition) is 4. The summed E-state index contributed by atoms with van der Waals surface area (Å²) in [6, 6.07) is 12.9. The molecule has 3 aromatic carbocycles. The Morgan fingerprint density at radius 2 is 1.47 bits per heavy atom. The topological polar surface area (TPSA) is 69.7 Å². The molecular formula is C24H20F5N3O3S. The summed E-state index contributed by atoms with van der Waals surface area (Å²) < 4.78 is 95.6. The van der Waals surface area contributed by atoms with Crippen molar-refractivity contribution in [2.45, 2.75) is 11.1 Å². The van der Waals surface area contributed by atoms with Crippen LogP contribution in [0.5, 0.6) is 0 Å². The molecule has 0 radical (unpaired) electrons. The molecule has 0 atom stereocenters. The fourth-order valence-corrected chi connectivity index (χ4v) is 5.41. The summed E-state index contributed by atoms with van der Waals surface area (Å²) in [6.45, 7) is 0.170. The first-order chi connectivity index (χ1) is 17.0. The van der Waals surface area contributed by atoms with E-state index >= 15 is 0 Å². The maximum Gasteiger partial charge on any atom is 0.418 e. The van der Waals surface area contributed by atoms with Crippen LogP contribution in [0.15, 0.2) is 71.6 Å². The molecule has 1 fully saturated rings. The van der Waals surface area contributed by atoms with E-state index in [0.29, 0.717) is 5.69 Å². The molecule has 1 N–H and O–H groups in total. The van der Waals surface area contributed by atoms with Gasteiger partial charge in [-0.25, -0.2) is 17.2 Å². The Bertz CT molecular complexity index is 1390. The Hall–Kier alpha value is -3.51. The van der Waals surface area contributed by atoms with Gasteiger partial charge in [0.15, 0.2) is 0 Å². The lowest BCUT2D eigenvalue weighted by Crippen LogP contribution is -2.49. The average Bonchev–Trinajstić information content (AvgIpc) is 2.84. The number of sulfonamides is 1. The Balaban J connectivity index is 1.54. The van der Waals surface area contributed by atoms with Crippen LogP contribution in [-0.2, 0) is 16.2 Å². The number of amides is 1. The second-order valence-electron chi connectivity index (χ2n) is 7.99. The van der Waals surface area contributed by atoms with Gasteiger partial charge in [-0.2, -0.15) is 17.5 Å². The zero-order valence-corrected chi connectivity index (χ0v) is 19.4. The van der Waals surface area contributed by atoms with E-state index in [2.05, 4.69) is 5.32 Å². The number of nitrogens with zero attached hydrogens (tertiary/aromatic N) is 2. The van der Waals surface area contributed by atoms with E-state index in [-0.39, 0.29) is 31.7 Å².